The van der Waals surface area contributed by atoms with E-state index in [1.807, 2.05) is 17.5 Å². The van der Waals surface area contributed by atoms with Crippen LogP contribution in [0.1, 0.15) is 18.1 Å². The molecule has 0 saturated carbocycles. The number of pyridine rings is 1. The normalized spacial score (nSPS) is 13.0. The Bertz CT molecular complexity index is 1080. The zero-order chi connectivity index (χ0) is 20.4. The highest BCUT2D eigenvalue weighted by Crippen LogP contribution is 2.37. The minimum absolute atomic E-state index is 0.109. The predicted octanol–water partition coefficient (Wildman–Crippen LogP) is 4.87. The standard InChI is InChI=1S/C17H13F3N6OS2/c1-10(14-23-24-15(27-14)12-3-2-8-28-12)29-16-25-22-13(11-4-6-21-7-5-11)26(16)9-17(18,19)20/h2-8,10H,9H2,1H3. The summed E-state index contributed by atoms with van der Waals surface area (Å²) >= 11 is 2.53. The Morgan fingerprint density at radius 1 is 1.14 bits per heavy atom. The smallest absolute Gasteiger partial charge is 0.406 e. The largest absolute Gasteiger partial charge is 0.419 e. The van der Waals surface area contributed by atoms with Crippen molar-refractivity contribution in [1.29, 1.82) is 0 Å². The number of alkyl halides is 3. The fourth-order valence-corrected chi connectivity index (χ4v) is 4.04. The Balaban J connectivity index is 1.62. The van der Waals surface area contributed by atoms with Crippen LogP contribution in [0.2, 0.25) is 0 Å². The van der Waals surface area contributed by atoms with Crippen molar-refractivity contribution in [1.82, 2.24) is 29.9 Å². The van der Waals surface area contributed by atoms with Crippen molar-refractivity contribution in [3.05, 3.63) is 47.9 Å². The van der Waals surface area contributed by atoms with Crippen molar-refractivity contribution >= 4 is 23.1 Å². The number of thiophene rings is 1. The van der Waals surface area contributed by atoms with Crippen LogP contribution in [-0.2, 0) is 6.54 Å². The molecule has 0 N–H and O–H groups in total. The molecule has 0 aliphatic heterocycles. The van der Waals surface area contributed by atoms with E-state index in [9.17, 15) is 13.2 Å². The highest BCUT2D eigenvalue weighted by atomic mass is 32.2. The Labute approximate surface area is 171 Å². The summed E-state index contributed by atoms with van der Waals surface area (Å²) in [5.74, 6) is 0.784. The van der Waals surface area contributed by atoms with Crippen molar-refractivity contribution in [2.75, 3.05) is 0 Å². The van der Waals surface area contributed by atoms with Crippen molar-refractivity contribution in [2.45, 2.75) is 30.1 Å². The van der Waals surface area contributed by atoms with Gasteiger partial charge in [0.1, 0.15) is 6.54 Å². The molecule has 150 valence electrons. The molecule has 4 aromatic heterocycles. The molecule has 0 aliphatic rings. The van der Waals surface area contributed by atoms with Crippen molar-refractivity contribution in [3.8, 4) is 22.2 Å². The number of thioether (sulfide) groups is 1. The van der Waals surface area contributed by atoms with Gasteiger partial charge in [-0.3, -0.25) is 9.55 Å². The molecule has 0 aromatic carbocycles. The summed E-state index contributed by atoms with van der Waals surface area (Å²) in [6.45, 7) is 0.548. The Morgan fingerprint density at radius 3 is 2.62 bits per heavy atom. The molecule has 0 amide bonds. The zero-order valence-corrected chi connectivity index (χ0v) is 16.5. The molecular weight excluding hydrogens is 425 g/mol. The van der Waals surface area contributed by atoms with E-state index >= 15 is 0 Å². The average Bonchev–Trinajstić information content (AvgIpc) is 3.42. The first-order valence-corrected chi connectivity index (χ1v) is 10.1. The van der Waals surface area contributed by atoms with Gasteiger partial charge in [-0.25, -0.2) is 0 Å². The van der Waals surface area contributed by atoms with E-state index in [2.05, 4.69) is 25.4 Å². The second kappa shape index (κ2) is 7.95. The van der Waals surface area contributed by atoms with E-state index in [0.717, 1.165) is 21.2 Å². The summed E-state index contributed by atoms with van der Waals surface area (Å²) in [5.41, 5.74) is 0.494. The molecule has 0 bridgehead atoms. The van der Waals surface area contributed by atoms with Gasteiger partial charge in [-0.1, -0.05) is 17.8 Å². The Hall–Kier alpha value is -2.73. The monoisotopic (exact) mass is 438 g/mol. The lowest BCUT2D eigenvalue weighted by atomic mass is 10.2. The van der Waals surface area contributed by atoms with Gasteiger partial charge in [-0.2, -0.15) is 13.2 Å². The van der Waals surface area contributed by atoms with Crippen LogP contribution < -0.4 is 0 Å². The topological polar surface area (TPSA) is 82.5 Å². The van der Waals surface area contributed by atoms with Crippen LogP contribution >= 0.6 is 23.1 Å². The fourth-order valence-electron chi connectivity index (χ4n) is 2.52. The molecule has 0 aliphatic carbocycles. The van der Waals surface area contributed by atoms with Crippen molar-refractivity contribution < 1.29 is 17.6 Å². The number of rotatable bonds is 6. The minimum Gasteiger partial charge on any atom is -0.419 e. The molecule has 1 unspecified atom stereocenters. The lowest BCUT2D eigenvalue weighted by Crippen LogP contribution is -2.19. The van der Waals surface area contributed by atoms with E-state index in [-0.39, 0.29) is 11.0 Å². The second-order valence-corrected chi connectivity index (χ2v) is 8.18. The van der Waals surface area contributed by atoms with Gasteiger partial charge in [-0.05, 0) is 30.5 Å². The van der Waals surface area contributed by atoms with E-state index < -0.39 is 18.0 Å². The highest BCUT2D eigenvalue weighted by molar-refractivity contribution is 7.99. The summed E-state index contributed by atoms with van der Waals surface area (Å²) < 4.78 is 46.2. The lowest BCUT2D eigenvalue weighted by Gasteiger charge is -2.13. The number of nitrogens with zero attached hydrogens (tertiary/aromatic N) is 6. The second-order valence-electron chi connectivity index (χ2n) is 5.93. The molecular formula is C17H13F3N6OS2. The van der Waals surface area contributed by atoms with Crippen molar-refractivity contribution in [2.24, 2.45) is 0 Å². The molecule has 7 nitrogen and oxygen atoms in total. The first kappa shape index (κ1) is 19.6. The lowest BCUT2D eigenvalue weighted by molar-refractivity contribution is -0.141. The van der Waals surface area contributed by atoms with Gasteiger partial charge in [0.15, 0.2) is 11.0 Å². The molecule has 0 radical (unpaired) electrons. The molecule has 29 heavy (non-hydrogen) atoms. The van der Waals surface area contributed by atoms with Crippen LogP contribution in [0.5, 0.6) is 0 Å². The van der Waals surface area contributed by atoms with Gasteiger partial charge in [0.2, 0.25) is 5.89 Å². The van der Waals surface area contributed by atoms with Crippen LogP contribution in [0.15, 0.2) is 51.6 Å². The number of halogens is 3. The average molecular weight is 438 g/mol. The van der Waals surface area contributed by atoms with Crippen molar-refractivity contribution in [3.63, 3.8) is 0 Å². The Kier molecular flexibility index (Phi) is 5.37. The Morgan fingerprint density at radius 2 is 1.93 bits per heavy atom. The first-order valence-electron chi connectivity index (χ1n) is 8.35. The van der Waals surface area contributed by atoms with Crippen LogP contribution in [-0.4, -0.2) is 36.1 Å². The first-order chi connectivity index (χ1) is 13.9. The molecule has 0 spiro atoms. The van der Waals surface area contributed by atoms with Crippen LogP contribution in [0, 0.1) is 0 Å². The van der Waals surface area contributed by atoms with Gasteiger partial charge in [0.25, 0.3) is 5.89 Å². The molecule has 4 aromatic rings. The summed E-state index contributed by atoms with van der Waals surface area (Å²) in [5, 5.41) is 17.5. The van der Waals surface area contributed by atoms with Gasteiger partial charge in [-0.15, -0.1) is 31.7 Å². The van der Waals surface area contributed by atoms with Crippen LogP contribution in [0.3, 0.4) is 0 Å². The summed E-state index contributed by atoms with van der Waals surface area (Å²) in [6.07, 6.45) is -1.45. The molecule has 1 atom stereocenters. The summed E-state index contributed by atoms with van der Waals surface area (Å²) in [4.78, 5) is 4.70. The molecule has 4 rings (SSSR count). The third kappa shape index (κ3) is 4.48. The number of aromatic nitrogens is 6. The fraction of sp³-hybridized carbons (Fsp3) is 0.235. The van der Waals surface area contributed by atoms with E-state index in [1.54, 1.807) is 19.1 Å². The summed E-state index contributed by atoms with van der Waals surface area (Å²) in [6, 6.07) is 6.88. The molecule has 12 heteroatoms. The van der Waals surface area contributed by atoms with Gasteiger partial charge >= 0.3 is 6.18 Å². The number of hydrogen-bond acceptors (Lipinski definition) is 8. The SMILES string of the molecule is CC(Sc1nnc(-c2ccncc2)n1CC(F)(F)F)c1nnc(-c2cccs2)o1. The van der Waals surface area contributed by atoms with E-state index in [1.165, 1.54) is 23.7 Å². The maximum absolute atomic E-state index is 13.2. The van der Waals surface area contributed by atoms with E-state index in [0.29, 0.717) is 17.3 Å². The van der Waals surface area contributed by atoms with E-state index in [4.69, 9.17) is 4.42 Å². The molecule has 0 saturated heterocycles. The maximum atomic E-state index is 13.2. The van der Waals surface area contributed by atoms with Crippen LogP contribution in [0.25, 0.3) is 22.2 Å². The minimum atomic E-state index is -4.43. The summed E-state index contributed by atoms with van der Waals surface area (Å²) in [7, 11) is 0. The zero-order valence-electron chi connectivity index (χ0n) is 14.9. The van der Waals surface area contributed by atoms with Crippen LogP contribution in [0.4, 0.5) is 13.2 Å². The van der Waals surface area contributed by atoms with Gasteiger partial charge in [0, 0.05) is 18.0 Å². The third-order valence-electron chi connectivity index (χ3n) is 3.80. The van der Waals surface area contributed by atoms with Gasteiger partial charge in [0.05, 0.1) is 10.1 Å². The third-order valence-corrected chi connectivity index (χ3v) is 5.72. The maximum Gasteiger partial charge on any atom is 0.406 e. The predicted molar refractivity (Wildman–Crippen MR) is 101 cm³/mol. The number of hydrogen-bond donors (Lipinski definition) is 0. The molecule has 0 fully saturated rings. The quantitative estimate of drug-likeness (QED) is 0.397. The molecule has 4 heterocycles. The highest BCUT2D eigenvalue weighted by Gasteiger charge is 2.32. The van der Waals surface area contributed by atoms with Gasteiger partial charge < -0.3 is 4.42 Å².